The van der Waals surface area contributed by atoms with E-state index in [1.165, 1.54) is 0 Å². The minimum atomic E-state index is -0.958. The number of fused-ring (bicyclic) bond motifs is 1. The second-order valence-electron chi connectivity index (χ2n) is 9.29. The Kier molecular flexibility index (Phi) is 6.53. The molecule has 7 nitrogen and oxygen atoms in total. The van der Waals surface area contributed by atoms with Crippen molar-refractivity contribution >= 4 is 28.5 Å². The van der Waals surface area contributed by atoms with Gasteiger partial charge in [-0.2, -0.15) is 0 Å². The summed E-state index contributed by atoms with van der Waals surface area (Å²) in [7, 11) is 0. The van der Waals surface area contributed by atoms with Crippen LogP contribution in [0.5, 0.6) is 5.75 Å². The lowest BCUT2D eigenvalue weighted by atomic mass is 9.84. The van der Waals surface area contributed by atoms with E-state index in [4.69, 9.17) is 20.8 Å². The summed E-state index contributed by atoms with van der Waals surface area (Å²) in [4.78, 5) is 14.7. The first-order valence-electron chi connectivity index (χ1n) is 11.8. The molecule has 2 aliphatic rings. The molecule has 3 N–H and O–H groups in total. The van der Waals surface area contributed by atoms with Crippen LogP contribution in [0.25, 0.3) is 11.0 Å². The van der Waals surface area contributed by atoms with Gasteiger partial charge in [-0.3, -0.25) is 9.69 Å². The first kappa shape index (κ1) is 23.2. The molecule has 1 atom stereocenters. The molecule has 1 amide bonds. The Morgan fingerprint density at radius 1 is 1.18 bits per heavy atom. The molecule has 0 radical (unpaired) electrons. The van der Waals surface area contributed by atoms with Crippen molar-refractivity contribution in [2.45, 2.75) is 43.9 Å². The maximum Gasteiger partial charge on any atom is 0.287 e. The predicted molar refractivity (Wildman–Crippen MR) is 129 cm³/mol. The number of nitrogens with zero attached hydrogens (tertiary/aromatic N) is 1. The van der Waals surface area contributed by atoms with Crippen molar-refractivity contribution in [2.24, 2.45) is 0 Å². The van der Waals surface area contributed by atoms with E-state index >= 15 is 0 Å². The third-order valence-electron chi connectivity index (χ3n) is 6.91. The smallest absolute Gasteiger partial charge is 0.287 e. The molecule has 2 fully saturated rings. The van der Waals surface area contributed by atoms with Crippen LogP contribution in [-0.4, -0.2) is 53.4 Å². The van der Waals surface area contributed by atoms with Gasteiger partial charge >= 0.3 is 0 Å². The van der Waals surface area contributed by atoms with Gasteiger partial charge in [0.25, 0.3) is 5.91 Å². The number of carbonyl (C=O) groups excluding carboxylic acids is 1. The number of hydrogen-bond donors (Lipinski definition) is 3. The standard InChI is InChI=1S/C26H29ClN2O5/c27-20-4-5-22(30)18(13-20)16-29-9-7-26(32,8-10-29)19-3-6-23-17(12-19)14-24(34-23)25(31)28-15-21-2-1-11-33-21/h3-6,12-14,21,30,32H,1-2,7-11,15-16H2,(H,28,31)/t21-/m0/s1. The molecule has 0 aliphatic carbocycles. The lowest BCUT2D eigenvalue weighted by Crippen LogP contribution is -2.42. The van der Waals surface area contributed by atoms with Gasteiger partial charge in [0.05, 0.1) is 11.7 Å². The summed E-state index contributed by atoms with van der Waals surface area (Å²) in [5.74, 6) is 0.226. The second-order valence-corrected chi connectivity index (χ2v) is 9.73. The fraction of sp³-hybridized carbons (Fsp3) is 0.423. The van der Waals surface area contributed by atoms with Crippen LogP contribution in [-0.2, 0) is 16.9 Å². The van der Waals surface area contributed by atoms with E-state index in [0.717, 1.165) is 36.0 Å². The number of halogens is 1. The Bertz CT molecular complexity index is 1180. The number of likely N-dealkylation sites (tertiary alicyclic amines) is 1. The molecule has 0 bridgehead atoms. The van der Waals surface area contributed by atoms with Gasteiger partial charge in [-0.1, -0.05) is 17.7 Å². The number of piperidine rings is 1. The van der Waals surface area contributed by atoms with Crippen LogP contribution in [0.2, 0.25) is 5.02 Å². The molecule has 180 valence electrons. The van der Waals surface area contributed by atoms with Gasteiger partial charge in [0.15, 0.2) is 5.76 Å². The van der Waals surface area contributed by atoms with Crippen LogP contribution in [0.1, 0.15) is 47.4 Å². The molecule has 8 heteroatoms. The van der Waals surface area contributed by atoms with Gasteiger partial charge in [-0.25, -0.2) is 0 Å². The van der Waals surface area contributed by atoms with E-state index in [-0.39, 0.29) is 23.5 Å². The molecule has 3 heterocycles. The van der Waals surface area contributed by atoms with E-state index in [9.17, 15) is 15.0 Å². The summed E-state index contributed by atoms with van der Waals surface area (Å²) in [6.07, 6.45) is 3.18. The normalized spacial score (nSPS) is 20.6. The molecule has 5 rings (SSSR count). The first-order valence-corrected chi connectivity index (χ1v) is 12.1. The Morgan fingerprint density at radius 2 is 2.00 bits per heavy atom. The minimum absolute atomic E-state index is 0.0721. The molecule has 0 saturated carbocycles. The number of amides is 1. The number of furan rings is 1. The SMILES string of the molecule is O=C(NC[C@@H]1CCCO1)c1cc2cc(C3(O)CCN(Cc4cc(Cl)ccc4O)CC3)ccc2o1. The van der Waals surface area contributed by atoms with Crippen molar-refractivity contribution in [3.63, 3.8) is 0 Å². The third kappa shape index (κ3) is 4.93. The number of hydrogen-bond acceptors (Lipinski definition) is 6. The maximum absolute atomic E-state index is 12.5. The van der Waals surface area contributed by atoms with Crippen LogP contribution in [0.15, 0.2) is 46.9 Å². The summed E-state index contributed by atoms with van der Waals surface area (Å²) < 4.78 is 11.3. The average molecular weight is 485 g/mol. The van der Waals surface area contributed by atoms with E-state index in [1.807, 2.05) is 18.2 Å². The average Bonchev–Trinajstić information content (AvgIpc) is 3.51. The molecule has 2 aromatic carbocycles. The topological polar surface area (TPSA) is 95.2 Å². The lowest BCUT2D eigenvalue weighted by Gasteiger charge is -2.38. The van der Waals surface area contributed by atoms with Crippen molar-refractivity contribution < 1.29 is 24.2 Å². The zero-order chi connectivity index (χ0) is 23.7. The maximum atomic E-state index is 12.5. The number of phenolic OH excluding ortho intramolecular Hbond substituents is 1. The molecule has 0 spiro atoms. The van der Waals surface area contributed by atoms with E-state index in [1.54, 1.807) is 24.3 Å². The minimum Gasteiger partial charge on any atom is -0.508 e. The summed E-state index contributed by atoms with van der Waals surface area (Å²) in [6.45, 7) is 3.17. The van der Waals surface area contributed by atoms with Crippen molar-refractivity contribution in [1.82, 2.24) is 10.2 Å². The molecular weight excluding hydrogens is 456 g/mol. The molecule has 0 unspecified atom stereocenters. The molecule has 2 saturated heterocycles. The zero-order valence-corrected chi connectivity index (χ0v) is 19.7. The number of rotatable bonds is 6. The van der Waals surface area contributed by atoms with Crippen molar-refractivity contribution in [2.75, 3.05) is 26.2 Å². The molecule has 1 aromatic heterocycles. The Hall–Kier alpha value is -2.58. The number of aromatic hydroxyl groups is 1. The van der Waals surface area contributed by atoms with Crippen LogP contribution < -0.4 is 5.32 Å². The summed E-state index contributed by atoms with van der Waals surface area (Å²) in [6, 6.07) is 12.4. The number of aliphatic hydroxyl groups is 1. The lowest BCUT2D eigenvalue weighted by molar-refractivity contribution is -0.0277. The van der Waals surface area contributed by atoms with Crippen molar-refractivity contribution in [3.8, 4) is 5.75 Å². The van der Waals surface area contributed by atoms with Gasteiger partial charge in [-0.05, 0) is 67.6 Å². The van der Waals surface area contributed by atoms with Crippen LogP contribution in [0.3, 0.4) is 0 Å². The van der Waals surface area contributed by atoms with Crippen LogP contribution >= 0.6 is 11.6 Å². The van der Waals surface area contributed by atoms with E-state index < -0.39 is 5.60 Å². The molecular formula is C26H29ClN2O5. The van der Waals surface area contributed by atoms with Crippen LogP contribution in [0, 0.1) is 0 Å². The molecule has 3 aromatic rings. The third-order valence-corrected chi connectivity index (χ3v) is 7.15. The van der Waals surface area contributed by atoms with Gasteiger partial charge in [0.1, 0.15) is 11.3 Å². The highest BCUT2D eigenvalue weighted by Crippen LogP contribution is 2.36. The van der Waals surface area contributed by atoms with E-state index in [0.29, 0.717) is 49.6 Å². The Labute approximate surface area is 203 Å². The number of nitrogens with one attached hydrogen (secondary N) is 1. The fourth-order valence-electron chi connectivity index (χ4n) is 4.84. The largest absolute Gasteiger partial charge is 0.508 e. The van der Waals surface area contributed by atoms with Gasteiger partial charge in [0, 0.05) is 48.8 Å². The molecule has 2 aliphatic heterocycles. The zero-order valence-electron chi connectivity index (χ0n) is 18.9. The number of ether oxygens (including phenoxy) is 1. The van der Waals surface area contributed by atoms with Gasteiger partial charge in [0.2, 0.25) is 0 Å². The Morgan fingerprint density at radius 3 is 2.76 bits per heavy atom. The monoisotopic (exact) mass is 484 g/mol. The number of benzene rings is 2. The van der Waals surface area contributed by atoms with Gasteiger partial charge < -0.3 is 24.7 Å². The fourth-order valence-corrected chi connectivity index (χ4v) is 5.03. The number of phenols is 1. The second kappa shape index (κ2) is 9.58. The first-order chi connectivity index (χ1) is 16.4. The van der Waals surface area contributed by atoms with Crippen LogP contribution in [0.4, 0.5) is 0 Å². The summed E-state index contributed by atoms with van der Waals surface area (Å²) in [5.41, 5.74) is 1.25. The van der Waals surface area contributed by atoms with E-state index in [2.05, 4.69) is 10.2 Å². The summed E-state index contributed by atoms with van der Waals surface area (Å²) >= 11 is 6.07. The van der Waals surface area contributed by atoms with Crippen molar-refractivity contribution in [3.05, 3.63) is 64.4 Å². The van der Waals surface area contributed by atoms with Gasteiger partial charge in [-0.15, -0.1) is 0 Å². The highest BCUT2D eigenvalue weighted by molar-refractivity contribution is 6.30. The van der Waals surface area contributed by atoms with Crippen molar-refractivity contribution in [1.29, 1.82) is 0 Å². The summed E-state index contributed by atoms with van der Waals surface area (Å²) in [5, 5.41) is 25.7. The molecule has 34 heavy (non-hydrogen) atoms. The quantitative estimate of drug-likeness (QED) is 0.485. The highest BCUT2D eigenvalue weighted by Gasteiger charge is 2.34. The highest BCUT2D eigenvalue weighted by atomic mass is 35.5. The Balaban J connectivity index is 1.24. The predicted octanol–water partition coefficient (Wildman–Crippen LogP) is 4.18. The number of carbonyl (C=O) groups is 1.